The van der Waals surface area contributed by atoms with Crippen molar-refractivity contribution < 1.29 is 14.6 Å². The number of benzene rings is 2. The third-order valence-corrected chi connectivity index (χ3v) is 5.11. The molecule has 0 fully saturated rings. The molecule has 0 radical (unpaired) electrons. The summed E-state index contributed by atoms with van der Waals surface area (Å²) < 4.78 is 4.62. The largest absolute Gasteiger partial charge is 0.511 e. The van der Waals surface area contributed by atoms with Gasteiger partial charge in [-0.05, 0) is 47.6 Å². The predicted octanol–water partition coefficient (Wildman–Crippen LogP) is 6.86. The van der Waals surface area contributed by atoms with Crippen LogP contribution >= 0.6 is 11.8 Å². The average Bonchev–Trinajstić information content (AvgIpc) is 2.62. The molecular weight excluding hydrogens is 332 g/mol. The number of rotatable bonds is 10. The van der Waals surface area contributed by atoms with E-state index in [1.807, 2.05) is 23.9 Å². The van der Waals surface area contributed by atoms with E-state index in [-0.39, 0.29) is 0 Å². The van der Waals surface area contributed by atoms with Gasteiger partial charge in [-0.1, -0.05) is 63.3 Å². The minimum Gasteiger partial charge on any atom is -0.449 e. The van der Waals surface area contributed by atoms with E-state index in [4.69, 9.17) is 5.11 Å². The number of thioether (sulfide) groups is 1. The molecule has 1 N–H and O–H groups in total. The number of hydrogen-bond donors (Lipinski definition) is 1. The van der Waals surface area contributed by atoms with Crippen molar-refractivity contribution in [1.29, 1.82) is 0 Å². The zero-order valence-corrected chi connectivity index (χ0v) is 15.6. The van der Waals surface area contributed by atoms with Crippen LogP contribution in [0.2, 0.25) is 0 Å². The summed E-state index contributed by atoms with van der Waals surface area (Å²) in [6.45, 7) is 2.25. The highest BCUT2D eigenvalue weighted by molar-refractivity contribution is 7.99. The zero-order valence-electron chi connectivity index (χ0n) is 14.7. The van der Waals surface area contributed by atoms with Crippen molar-refractivity contribution in [2.24, 2.45) is 0 Å². The summed E-state index contributed by atoms with van der Waals surface area (Å²) in [6, 6.07) is 15.6. The maximum atomic E-state index is 10.5. The standard InChI is InChI=1S/C21H26O3S/c1-2-3-4-5-6-7-16-25-20-14-10-18(11-15-20)17-8-12-19(13-9-17)24-21(22)23/h8-15H,2-7,16H2,1H3,(H,22,23). The van der Waals surface area contributed by atoms with E-state index < -0.39 is 6.16 Å². The molecule has 0 amide bonds. The summed E-state index contributed by atoms with van der Waals surface area (Å²) in [4.78, 5) is 11.8. The first-order valence-corrected chi connectivity index (χ1v) is 9.91. The summed E-state index contributed by atoms with van der Waals surface area (Å²) >= 11 is 1.91. The van der Waals surface area contributed by atoms with Crippen LogP contribution in [-0.2, 0) is 0 Å². The molecule has 0 atom stereocenters. The maximum Gasteiger partial charge on any atom is 0.511 e. The van der Waals surface area contributed by atoms with Crippen molar-refractivity contribution in [3.8, 4) is 16.9 Å². The third kappa shape index (κ3) is 7.22. The SMILES string of the molecule is CCCCCCCCSc1ccc(-c2ccc(OC(=O)O)cc2)cc1. The van der Waals surface area contributed by atoms with Crippen molar-refractivity contribution in [2.45, 2.75) is 50.3 Å². The normalized spacial score (nSPS) is 10.6. The lowest BCUT2D eigenvalue weighted by molar-refractivity contribution is 0.144. The Kier molecular flexibility index (Phi) is 8.40. The Labute approximate surface area is 154 Å². The Morgan fingerprint density at radius 3 is 2.04 bits per heavy atom. The Hall–Kier alpha value is -1.94. The first-order chi connectivity index (χ1) is 12.2. The molecule has 3 nitrogen and oxygen atoms in total. The minimum absolute atomic E-state index is 0.336. The molecule has 25 heavy (non-hydrogen) atoms. The van der Waals surface area contributed by atoms with Gasteiger partial charge < -0.3 is 9.84 Å². The average molecular weight is 359 g/mol. The molecule has 134 valence electrons. The first kappa shape index (κ1) is 19.4. The molecule has 2 aromatic carbocycles. The van der Waals surface area contributed by atoms with Crippen molar-refractivity contribution in [1.82, 2.24) is 0 Å². The van der Waals surface area contributed by atoms with Gasteiger partial charge in [0.05, 0.1) is 0 Å². The van der Waals surface area contributed by atoms with Crippen LogP contribution in [0.1, 0.15) is 45.4 Å². The Morgan fingerprint density at radius 2 is 1.44 bits per heavy atom. The molecule has 0 spiro atoms. The molecule has 0 saturated heterocycles. The van der Waals surface area contributed by atoms with E-state index >= 15 is 0 Å². The van der Waals surface area contributed by atoms with Gasteiger partial charge >= 0.3 is 6.16 Å². The van der Waals surface area contributed by atoms with E-state index in [2.05, 4.69) is 35.9 Å². The van der Waals surface area contributed by atoms with Gasteiger partial charge in [0.1, 0.15) is 5.75 Å². The highest BCUT2D eigenvalue weighted by atomic mass is 32.2. The fourth-order valence-electron chi connectivity index (χ4n) is 2.63. The van der Waals surface area contributed by atoms with Gasteiger partial charge in [-0.15, -0.1) is 11.8 Å². The van der Waals surface area contributed by atoms with Crippen LogP contribution in [0.3, 0.4) is 0 Å². The first-order valence-electron chi connectivity index (χ1n) is 8.93. The molecular formula is C21H26O3S. The number of carboxylic acid groups (broad SMARTS) is 1. The van der Waals surface area contributed by atoms with Gasteiger partial charge in [-0.2, -0.15) is 0 Å². The van der Waals surface area contributed by atoms with E-state index in [1.54, 1.807) is 12.1 Å². The molecule has 2 aromatic rings. The second-order valence-corrected chi connectivity index (χ2v) is 7.20. The highest BCUT2D eigenvalue weighted by Crippen LogP contribution is 2.26. The third-order valence-electron chi connectivity index (χ3n) is 4.01. The van der Waals surface area contributed by atoms with Gasteiger partial charge in [-0.25, -0.2) is 4.79 Å². The minimum atomic E-state index is -1.29. The maximum absolute atomic E-state index is 10.5. The Bertz CT molecular complexity index is 635. The Morgan fingerprint density at radius 1 is 0.880 bits per heavy atom. The molecule has 0 aliphatic rings. The molecule has 0 heterocycles. The second-order valence-electron chi connectivity index (χ2n) is 6.03. The van der Waals surface area contributed by atoms with Crippen molar-refractivity contribution in [3.05, 3.63) is 48.5 Å². The lowest BCUT2D eigenvalue weighted by Gasteiger charge is -2.06. The van der Waals surface area contributed by atoms with E-state index in [0.717, 1.165) is 11.1 Å². The van der Waals surface area contributed by atoms with Gasteiger partial charge in [0, 0.05) is 4.90 Å². The van der Waals surface area contributed by atoms with Gasteiger partial charge in [-0.3, -0.25) is 0 Å². The molecule has 0 aromatic heterocycles. The fourth-order valence-corrected chi connectivity index (χ4v) is 3.54. The Balaban J connectivity index is 1.78. The molecule has 0 bridgehead atoms. The van der Waals surface area contributed by atoms with Gasteiger partial charge in [0.15, 0.2) is 0 Å². The van der Waals surface area contributed by atoms with Crippen LogP contribution in [0.5, 0.6) is 5.75 Å². The molecule has 0 aliphatic carbocycles. The summed E-state index contributed by atoms with van der Waals surface area (Å²) in [5.74, 6) is 1.51. The highest BCUT2D eigenvalue weighted by Gasteiger charge is 2.03. The molecule has 0 unspecified atom stereocenters. The van der Waals surface area contributed by atoms with Crippen molar-refractivity contribution in [2.75, 3.05) is 5.75 Å². The van der Waals surface area contributed by atoms with Crippen LogP contribution in [0, 0.1) is 0 Å². The van der Waals surface area contributed by atoms with Gasteiger partial charge in [0.25, 0.3) is 0 Å². The van der Waals surface area contributed by atoms with Gasteiger partial charge in [0.2, 0.25) is 0 Å². The van der Waals surface area contributed by atoms with Crippen LogP contribution < -0.4 is 4.74 Å². The lowest BCUT2D eigenvalue weighted by Crippen LogP contribution is -2.02. The van der Waals surface area contributed by atoms with Crippen LogP contribution in [0.15, 0.2) is 53.4 Å². The van der Waals surface area contributed by atoms with E-state index in [9.17, 15) is 4.79 Å². The summed E-state index contributed by atoms with van der Waals surface area (Å²) in [5, 5.41) is 8.60. The molecule has 2 rings (SSSR count). The second kappa shape index (κ2) is 10.8. The summed E-state index contributed by atoms with van der Waals surface area (Å²) in [7, 11) is 0. The van der Waals surface area contributed by atoms with E-state index in [0.29, 0.717) is 5.75 Å². The number of ether oxygens (including phenoxy) is 1. The summed E-state index contributed by atoms with van der Waals surface area (Å²) in [5.41, 5.74) is 2.16. The monoisotopic (exact) mass is 358 g/mol. The van der Waals surface area contributed by atoms with Crippen molar-refractivity contribution in [3.63, 3.8) is 0 Å². The lowest BCUT2D eigenvalue weighted by atomic mass is 10.1. The smallest absolute Gasteiger partial charge is 0.449 e. The van der Waals surface area contributed by atoms with Crippen LogP contribution in [-0.4, -0.2) is 17.0 Å². The number of unbranched alkanes of at least 4 members (excludes halogenated alkanes) is 5. The number of hydrogen-bond acceptors (Lipinski definition) is 3. The summed E-state index contributed by atoms with van der Waals surface area (Å²) in [6.07, 6.45) is 6.70. The topological polar surface area (TPSA) is 46.5 Å². The van der Waals surface area contributed by atoms with E-state index in [1.165, 1.54) is 49.2 Å². The quantitative estimate of drug-likeness (QED) is 0.218. The van der Waals surface area contributed by atoms with Crippen LogP contribution in [0.25, 0.3) is 11.1 Å². The van der Waals surface area contributed by atoms with Crippen molar-refractivity contribution >= 4 is 17.9 Å². The zero-order chi connectivity index (χ0) is 17.9. The fraction of sp³-hybridized carbons (Fsp3) is 0.381. The number of carbonyl (C=O) groups is 1. The molecule has 0 aliphatic heterocycles. The van der Waals surface area contributed by atoms with Crippen LogP contribution in [0.4, 0.5) is 4.79 Å². The predicted molar refractivity (Wildman–Crippen MR) is 105 cm³/mol. The molecule has 0 saturated carbocycles. The molecule has 4 heteroatoms.